The van der Waals surface area contributed by atoms with Gasteiger partial charge in [0, 0.05) is 67.3 Å². The van der Waals surface area contributed by atoms with Gasteiger partial charge in [-0.15, -0.1) is 46.4 Å². The van der Waals surface area contributed by atoms with Gasteiger partial charge >= 0.3 is 0 Å². The van der Waals surface area contributed by atoms with Crippen molar-refractivity contribution >= 4 is 90.5 Å². The van der Waals surface area contributed by atoms with Crippen molar-refractivity contribution in [3.63, 3.8) is 0 Å². The number of rotatable bonds is 4. The molecule has 2 aliphatic rings. The summed E-state index contributed by atoms with van der Waals surface area (Å²) < 4.78 is 0. The van der Waals surface area contributed by atoms with Crippen molar-refractivity contribution in [3.8, 4) is 45.6 Å². The van der Waals surface area contributed by atoms with Crippen LogP contribution in [0, 0.1) is 0 Å². The Labute approximate surface area is 293 Å². The molecule has 0 fully saturated rings. The van der Waals surface area contributed by atoms with Crippen LogP contribution in [0.15, 0.2) is 72.8 Å². The molecule has 8 nitrogen and oxygen atoms in total. The molecule has 234 valence electrons. The first-order valence-electron chi connectivity index (χ1n) is 15.1. The Morgan fingerprint density at radius 3 is 1.19 bits per heavy atom. The van der Waals surface area contributed by atoms with Crippen LogP contribution in [0.25, 0.3) is 89.7 Å². The second kappa shape index (κ2) is 11.5. The number of hydrogen-bond donors (Lipinski definition) is 2. The number of alkyl halides is 4. The maximum atomic E-state index is 6.48. The predicted octanol–water partition coefficient (Wildman–Crippen LogP) is 9.82. The van der Waals surface area contributed by atoms with Gasteiger partial charge in [0.25, 0.3) is 0 Å². The Bertz CT molecular complexity index is 2460. The summed E-state index contributed by atoms with van der Waals surface area (Å²) in [5, 5.41) is 3.40. The first-order chi connectivity index (χ1) is 23.6. The maximum absolute atomic E-state index is 6.48. The van der Waals surface area contributed by atoms with Gasteiger partial charge in [-0.05, 0) is 22.3 Å². The molecule has 5 heterocycles. The number of fused-ring (bicyclic) bond motifs is 20. The van der Waals surface area contributed by atoms with Crippen LogP contribution in [-0.2, 0) is 23.5 Å². The molecule has 8 bridgehead atoms. The quantitative estimate of drug-likeness (QED) is 0.176. The van der Waals surface area contributed by atoms with Crippen LogP contribution in [0.4, 0.5) is 0 Å². The summed E-state index contributed by atoms with van der Waals surface area (Å²) in [6.45, 7) is 0. The van der Waals surface area contributed by atoms with Crippen LogP contribution in [0.2, 0.25) is 0 Å². The molecular weight excluding hydrogens is 686 g/mol. The van der Waals surface area contributed by atoms with Crippen molar-refractivity contribution in [2.45, 2.75) is 23.5 Å². The standard InChI is InChI=1S/C36H22Cl4N8/c37-13-17-5-1-9-21-25(17)33-41-29(21)45-34-26-18(14-38)6-2-10-22(26)31(42-34)47-36-28-20(16-40)8-4-12-24(28)32(44-36)48-35-27-19(15-39)7-3-11-23(27)30(43-35)46-33/h1-12H,13-16H2,(H2,41,42,43,44,45,46,47,48). The molecule has 0 amide bonds. The van der Waals surface area contributed by atoms with Crippen LogP contribution < -0.4 is 0 Å². The molecule has 3 aromatic heterocycles. The lowest BCUT2D eigenvalue weighted by molar-refractivity contribution is 1.19. The lowest BCUT2D eigenvalue weighted by Gasteiger charge is -2.04. The lowest BCUT2D eigenvalue weighted by atomic mass is 10.0. The molecule has 0 saturated carbocycles. The van der Waals surface area contributed by atoms with Crippen molar-refractivity contribution in [2.24, 2.45) is 0 Å². The molecule has 9 rings (SSSR count). The minimum atomic E-state index is 0.278. The number of nitrogens with one attached hydrogen (secondary N) is 2. The number of nitrogens with zero attached hydrogens (tertiary/aromatic N) is 6. The lowest BCUT2D eigenvalue weighted by Crippen LogP contribution is -1.89. The van der Waals surface area contributed by atoms with E-state index in [2.05, 4.69) is 9.97 Å². The van der Waals surface area contributed by atoms with Crippen molar-refractivity contribution in [2.75, 3.05) is 0 Å². The van der Waals surface area contributed by atoms with Crippen LogP contribution in [-0.4, -0.2) is 39.9 Å². The molecule has 2 N–H and O–H groups in total. The number of aromatic nitrogens is 8. The third-order valence-corrected chi connectivity index (χ3v) is 10.0. The fourth-order valence-electron chi connectivity index (χ4n) is 6.72. The average Bonchev–Trinajstić information content (AvgIpc) is 3.86. The zero-order valence-electron chi connectivity index (χ0n) is 25.0. The molecule has 0 atom stereocenters. The average molecular weight is 708 g/mol. The first-order valence-corrected chi connectivity index (χ1v) is 17.3. The number of aromatic amines is 2. The van der Waals surface area contributed by atoms with Gasteiger partial charge in [-0.1, -0.05) is 72.8 Å². The molecule has 12 heteroatoms. The topological polar surface area (TPSA) is 109 Å². The van der Waals surface area contributed by atoms with E-state index in [4.69, 9.17) is 76.3 Å². The molecular formula is C36H22Cl4N8. The summed E-state index contributed by atoms with van der Waals surface area (Å²) in [5.41, 5.74) is 9.21. The molecule has 2 aliphatic heterocycles. The number of halogens is 4. The highest BCUT2D eigenvalue weighted by Crippen LogP contribution is 2.40. The largest absolute Gasteiger partial charge is 0.324 e. The van der Waals surface area contributed by atoms with Gasteiger partial charge in [0.15, 0.2) is 23.3 Å². The van der Waals surface area contributed by atoms with Crippen LogP contribution in [0.1, 0.15) is 22.3 Å². The van der Waals surface area contributed by atoms with E-state index in [-0.39, 0.29) is 23.5 Å². The summed E-state index contributed by atoms with van der Waals surface area (Å²) in [7, 11) is 0. The van der Waals surface area contributed by atoms with Crippen molar-refractivity contribution in [3.05, 3.63) is 95.1 Å². The highest BCUT2D eigenvalue weighted by Gasteiger charge is 2.25. The zero-order valence-corrected chi connectivity index (χ0v) is 28.0. The van der Waals surface area contributed by atoms with E-state index in [1.165, 1.54) is 0 Å². The Morgan fingerprint density at radius 1 is 0.396 bits per heavy atom. The van der Waals surface area contributed by atoms with E-state index < -0.39 is 0 Å². The second-order valence-corrected chi connectivity index (χ2v) is 12.6. The maximum Gasteiger partial charge on any atom is 0.165 e. The van der Waals surface area contributed by atoms with Gasteiger partial charge in [0.05, 0.1) is 0 Å². The Hall–Kier alpha value is -4.60. The monoisotopic (exact) mass is 706 g/mol. The van der Waals surface area contributed by atoms with Gasteiger partial charge in [0.2, 0.25) is 0 Å². The molecule has 0 aliphatic carbocycles. The summed E-state index contributed by atoms with van der Waals surface area (Å²) >= 11 is 25.9. The highest BCUT2D eigenvalue weighted by molar-refractivity contribution is 6.20. The van der Waals surface area contributed by atoms with E-state index in [1.807, 2.05) is 72.8 Å². The smallest absolute Gasteiger partial charge is 0.165 e. The van der Waals surface area contributed by atoms with E-state index >= 15 is 0 Å². The molecule has 48 heavy (non-hydrogen) atoms. The summed E-state index contributed by atoms with van der Waals surface area (Å²) in [6, 6.07) is 23.7. The third kappa shape index (κ3) is 4.44. The van der Waals surface area contributed by atoms with Gasteiger partial charge < -0.3 is 9.97 Å². The number of hydrogen-bond acceptors (Lipinski definition) is 6. The molecule has 4 aromatic carbocycles. The van der Waals surface area contributed by atoms with Crippen molar-refractivity contribution in [1.82, 2.24) is 39.9 Å². The van der Waals surface area contributed by atoms with Crippen LogP contribution in [0.5, 0.6) is 0 Å². The van der Waals surface area contributed by atoms with Gasteiger partial charge in [-0.2, -0.15) is 0 Å². The predicted molar refractivity (Wildman–Crippen MR) is 194 cm³/mol. The highest BCUT2D eigenvalue weighted by atomic mass is 35.5. The number of benzene rings is 4. The summed E-state index contributed by atoms with van der Waals surface area (Å²) in [6.07, 6.45) is 0. The molecule has 7 aromatic rings. The van der Waals surface area contributed by atoms with E-state index in [0.29, 0.717) is 45.9 Å². The summed E-state index contributed by atoms with van der Waals surface area (Å²) in [5.74, 6) is 3.09. The SMILES string of the molecule is ClCc1cccc2c1-c1nc-2nc2[nH]c(nc3nc(nc4[nH]c(n1)c1cccc(CCl)c41)-c1cccc(CCl)c1-3)c1cccc(CCl)c21. The van der Waals surface area contributed by atoms with Crippen LogP contribution in [0.3, 0.4) is 0 Å². The van der Waals surface area contributed by atoms with Crippen molar-refractivity contribution in [1.29, 1.82) is 0 Å². The zero-order chi connectivity index (χ0) is 32.5. The van der Waals surface area contributed by atoms with E-state index in [9.17, 15) is 0 Å². The Balaban J connectivity index is 1.53. The van der Waals surface area contributed by atoms with Crippen molar-refractivity contribution < 1.29 is 0 Å². The van der Waals surface area contributed by atoms with Crippen LogP contribution >= 0.6 is 46.4 Å². The molecule has 0 radical (unpaired) electrons. The fourth-order valence-corrected chi connectivity index (χ4v) is 7.61. The Kier molecular flexibility index (Phi) is 7.09. The molecule has 0 spiro atoms. The summed E-state index contributed by atoms with van der Waals surface area (Å²) in [4.78, 5) is 37.4. The van der Waals surface area contributed by atoms with E-state index in [0.717, 1.165) is 66.1 Å². The molecule has 0 unspecified atom stereocenters. The van der Waals surface area contributed by atoms with Gasteiger partial charge in [-0.3, -0.25) is 0 Å². The minimum Gasteiger partial charge on any atom is -0.324 e. The van der Waals surface area contributed by atoms with E-state index in [1.54, 1.807) is 0 Å². The normalized spacial score (nSPS) is 12.1. The first kappa shape index (κ1) is 29.5. The second-order valence-electron chi connectivity index (χ2n) is 11.5. The Morgan fingerprint density at radius 2 is 0.771 bits per heavy atom. The minimum absolute atomic E-state index is 0.278. The van der Waals surface area contributed by atoms with Gasteiger partial charge in [0.1, 0.15) is 22.6 Å². The third-order valence-electron chi connectivity index (χ3n) is 8.86. The molecule has 0 saturated heterocycles. The number of H-pyrrole nitrogens is 2. The van der Waals surface area contributed by atoms with Gasteiger partial charge in [-0.25, -0.2) is 29.9 Å². The fraction of sp³-hybridized carbons (Fsp3) is 0.111.